The molecular weight excluding hydrogens is 463 g/mol. The second kappa shape index (κ2) is 10.4. The van der Waals surface area contributed by atoms with Crippen LogP contribution < -0.4 is 25.4 Å². The molecular formula is C27H27FN4O4. The van der Waals surface area contributed by atoms with Crippen molar-refractivity contribution in [1.29, 1.82) is 0 Å². The number of nitrogens with one attached hydrogen (secondary N) is 2. The lowest BCUT2D eigenvalue weighted by Gasteiger charge is -2.35. The van der Waals surface area contributed by atoms with E-state index in [9.17, 15) is 9.59 Å². The molecule has 2 aromatic carbocycles. The summed E-state index contributed by atoms with van der Waals surface area (Å²) >= 11 is 0. The summed E-state index contributed by atoms with van der Waals surface area (Å²) in [4.78, 5) is 28.8. The van der Waals surface area contributed by atoms with Gasteiger partial charge in [-0.15, -0.1) is 0 Å². The van der Waals surface area contributed by atoms with Gasteiger partial charge < -0.3 is 30.4 Å². The van der Waals surface area contributed by atoms with Crippen LogP contribution in [0.2, 0.25) is 0 Å². The van der Waals surface area contributed by atoms with Crippen LogP contribution in [0.1, 0.15) is 34.3 Å². The lowest BCUT2D eigenvalue weighted by atomic mass is 10.0. The van der Waals surface area contributed by atoms with Crippen molar-refractivity contribution in [3.8, 4) is 23.3 Å². The van der Waals surface area contributed by atoms with E-state index in [4.69, 9.17) is 15.2 Å². The number of carbonyl (C=O) groups excluding carboxylic acids is 2. The van der Waals surface area contributed by atoms with Crippen molar-refractivity contribution in [1.82, 2.24) is 10.3 Å². The van der Waals surface area contributed by atoms with Crippen molar-refractivity contribution in [3.05, 3.63) is 65.6 Å². The Hall–Kier alpha value is -4.45. The average molecular weight is 491 g/mol. The first-order valence-electron chi connectivity index (χ1n) is 11.4. The summed E-state index contributed by atoms with van der Waals surface area (Å²) in [6, 6.07) is 6.23. The highest BCUT2D eigenvalue weighted by atomic mass is 19.1. The van der Waals surface area contributed by atoms with Crippen LogP contribution in [-0.2, 0) is 4.79 Å². The van der Waals surface area contributed by atoms with Crippen LogP contribution in [-0.4, -0.2) is 50.1 Å². The largest absolute Gasteiger partial charge is 0.497 e. The van der Waals surface area contributed by atoms with Crippen LogP contribution in [0.4, 0.5) is 10.1 Å². The first-order chi connectivity index (χ1) is 17.3. The summed E-state index contributed by atoms with van der Waals surface area (Å²) in [5.74, 6) is 5.72. The Bertz CT molecular complexity index is 1380. The molecule has 1 saturated heterocycles. The Kier molecular flexibility index (Phi) is 7.15. The lowest BCUT2D eigenvalue weighted by Crippen LogP contribution is -2.47. The van der Waals surface area contributed by atoms with Gasteiger partial charge in [-0.25, -0.2) is 4.39 Å². The number of halogens is 1. The number of aromatic nitrogens is 1. The molecule has 1 aromatic heterocycles. The van der Waals surface area contributed by atoms with E-state index in [1.165, 1.54) is 6.08 Å². The first kappa shape index (κ1) is 24.7. The highest BCUT2D eigenvalue weighted by Gasteiger charge is 2.27. The summed E-state index contributed by atoms with van der Waals surface area (Å²) in [6.07, 6.45) is 4.35. The van der Waals surface area contributed by atoms with Gasteiger partial charge in [0, 0.05) is 42.3 Å². The van der Waals surface area contributed by atoms with Crippen molar-refractivity contribution >= 4 is 28.4 Å². The number of hydrogen-bond acceptors (Lipinski definition) is 5. The van der Waals surface area contributed by atoms with Gasteiger partial charge in [0.15, 0.2) is 0 Å². The number of primary amides is 1. The van der Waals surface area contributed by atoms with Crippen molar-refractivity contribution < 1.29 is 23.5 Å². The van der Waals surface area contributed by atoms with Crippen molar-refractivity contribution in [2.45, 2.75) is 18.9 Å². The van der Waals surface area contributed by atoms with Crippen LogP contribution in [0, 0.1) is 17.7 Å². The maximum Gasteiger partial charge on any atom is 0.250 e. The van der Waals surface area contributed by atoms with Gasteiger partial charge in [0.25, 0.3) is 5.91 Å². The summed E-state index contributed by atoms with van der Waals surface area (Å²) in [6.45, 7) is 4.46. The van der Waals surface area contributed by atoms with E-state index < -0.39 is 11.7 Å². The Morgan fingerprint density at radius 3 is 2.58 bits per heavy atom. The zero-order valence-corrected chi connectivity index (χ0v) is 20.1. The van der Waals surface area contributed by atoms with Crippen LogP contribution in [0.15, 0.2) is 43.1 Å². The summed E-state index contributed by atoms with van der Waals surface area (Å²) in [5.41, 5.74) is 7.44. The standard InChI is InChI=1S/C27H27FN4O4/c1-4-23(33)31-18-6-5-9-32(15-18)26-22(28)13-21(27(29)34)25-24(26)17(14-30-25)8-7-16-10-19(35-2)12-20(11-16)36-3/h4,10-14,18,30H,1,5-6,9,15H2,2-3H3,(H2,29,34)(H,31,33)/t18-/m1/s1. The first-order valence-corrected chi connectivity index (χ1v) is 11.4. The predicted molar refractivity (Wildman–Crippen MR) is 136 cm³/mol. The molecule has 186 valence electrons. The Labute approximate surface area is 208 Å². The van der Waals surface area contributed by atoms with Crippen LogP contribution in [0.25, 0.3) is 10.9 Å². The molecule has 0 aliphatic carbocycles. The molecule has 8 nitrogen and oxygen atoms in total. The SMILES string of the molecule is C=CC(=O)N[C@@H]1CCCN(c2c(F)cc(C(N)=O)c3[nH]cc(C#Cc4cc(OC)cc(OC)c4)c23)C1. The molecule has 36 heavy (non-hydrogen) atoms. The van der Waals surface area contributed by atoms with Gasteiger partial charge in [-0.05, 0) is 37.1 Å². The van der Waals surface area contributed by atoms with E-state index >= 15 is 4.39 Å². The molecule has 0 unspecified atom stereocenters. The van der Waals surface area contributed by atoms with Crippen molar-refractivity contribution in [2.75, 3.05) is 32.2 Å². The van der Waals surface area contributed by atoms with Crippen LogP contribution in [0.3, 0.4) is 0 Å². The fraction of sp³-hybridized carbons (Fsp3) is 0.259. The van der Waals surface area contributed by atoms with Gasteiger partial charge >= 0.3 is 0 Å². The molecule has 4 rings (SSSR count). The second-order valence-corrected chi connectivity index (χ2v) is 8.42. The third-order valence-electron chi connectivity index (χ3n) is 6.11. The minimum atomic E-state index is -0.751. The number of aromatic amines is 1. The predicted octanol–water partition coefficient (Wildman–Crippen LogP) is 3.09. The number of ether oxygens (including phenoxy) is 2. The van der Waals surface area contributed by atoms with Gasteiger partial charge in [0.1, 0.15) is 17.3 Å². The smallest absolute Gasteiger partial charge is 0.250 e. The zero-order valence-electron chi connectivity index (χ0n) is 20.1. The lowest BCUT2D eigenvalue weighted by molar-refractivity contribution is -0.117. The van der Waals surface area contributed by atoms with Gasteiger partial charge in [-0.1, -0.05) is 18.4 Å². The molecule has 1 aliphatic rings. The van der Waals surface area contributed by atoms with Gasteiger partial charge in [0.05, 0.1) is 36.6 Å². The maximum absolute atomic E-state index is 15.6. The Balaban J connectivity index is 1.82. The molecule has 0 bridgehead atoms. The minimum absolute atomic E-state index is 0.0378. The molecule has 0 saturated carbocycles. The van der Waals surface area contributed by atoms with E-state index in [-0.39, 0.29) is 17.5 Å². The molecule has 3 aromatic rings. The normalized spacial score (nSPS) is 15.1. The number of nitrogens with zero attached hydrogens (tertiary/aromatic N) is 1. The summed E-state index contributed by atoms with van der Waals surface area (Å²) in [7, 11) is 3.10. The number of hydrogen-bond donors (Lipinski definition) is 3. The summed E-state index contributed by atoms with van der Waals surface area (Å²) < 4.78 is 26.2. The third kappa shape index (κ3) is 4.98. The number of piperidine rings is 1. The number of anilines is 1. The number of carbonyl (C=O) groups is 2. The summed E-state index contributed by atoms with van der Waals surface area (Å²) in [5, 5.41) is 3.35. The molecule has 0 spiro atoms. The fourth-order valence-corrected chi connectivity index (χ4v) is 4.45. The number of rotatable bonds is 6. The highest BCUT2D eigenvalue weighted by molar-refractivity contribution is 6.10. The molecule has 1 fully saturated rings. The Morgan fingerprint density at radius 1 is 1.22 bits per heavy atom. The van der Waals surface area contributed by atoms with Crippen molar-refractivity contribution in [2.24, 2.45) is 5.73 Å². The Morgan fingerprint density at radius 2 is 1.94 bits per heavy atom. The fourth-order valence-electron chi connectivity index (χ4n) is 4.45. The second-order valence-electron chi connectivity index (χ2n) is 8.42. The molecule has 9 heteroatoms. The quantitative estimate of drug-likeness (QED) is 0.363. The number of nitrogens with two attached hydrogens (primary N) is 1. The molecule has 4 N–H and O–H groups in total. The van der Waals surface area contributed by atoms with Gasteiger partial charge in [-0.2, -0.15) is 0 Å². The molecule has 1 aliphatic heterocycles. The number of fused-ring (bicyclic) bond motifs is 1. The van der Waals surface area contributed by atoms with Crippen LogP contribution in [0.5, 0.6) is 11.5 Å². The average Bonchev–Trinajstić information content (AvgIpc) is 3.30. The number of benzene rings is 2. The number of methoxy groups -OCH3 is 2. The van der Waals surface area contributed by atoms with Crippen molar-refractivity contribution in [3.63, 3.8) is 0 Å². The molecule has 0 radical (unpaired) electrons. The van der Waals surface area contributed by atoms with E-state index in [2.05, 4.69) is 28.7 Å². The van der Waals surface area contributed by atoms with Crippen LogP contribution >= 0.6 is 0 Å². The van der Waals surface area contributed by atoms with E-state index in [0.29, 0.717) is 52.3 Å². The molecule has 2 heterocycles. The van der Waals surface area contributed by atoms with E-state index in [1.807, 2.05) is 4.90 Å². The van der Waals surface area contributed by atoms with Gasteiger partial charge in [-0.3, -0.25) is 9.59 Å². The maximum atomic E-state index is 15.6. The third-order valence-corrected chi connectivity index (χ3v) is 6.11. The minimum Gasteiger partial charge on any atom is -0.497 e. The molecule has 1 atom stereocenters. The van der Waals surface area contributed by atoms with Gasteiger partial charge in [0.2, 0.25) is 5.91 Å². The topological polar surface area (TPSA) is 110 Å². The van der Waals surface area contributed by atoms with E-state index in [1.54, 1.807) is 38.6 Å². The zero-order chi connectivity index (χ0) is 25.8. The monoisotopic (exact) mass is 490 g/mol. The molecule has 2 amide bonds. The van der Waals surface area contributed by atoms with E-state index in [0.717, 1.165) is 18.9 Å². The highest BCUT2D eigenvalue weighted by Crippen LogP contribution is 2.36. The number of amides is 2. The number of H-pyrrole nitrogens is 1.